The van der Waals surface area contributed by atoms with Crippen molar-refractivity contribution in [1.29, 1.82) is 0 Å². The minimum atomic E-state index is -0.399. The monoisotopic (exact) mass is 275 g/mol. The van der Waals surface area contributed by atoms with Crippen LogP contribution in [0.4, 0.5) is 4.39 Å². The van der Waals surface area contributed by atoms with Crippen LogP contribution in [0.5, 0.6) is 5.75 Å². The summed E-state index contributed by atoms with van der Waals surface area (Å²) in [6.07, 6.45) is 4.24. The summed E-state index contributed by atoms with van der Waals surface area (Å²) in [5, 5.41) is 2.79. The smallest absolute Gasteiger partial charge is 0.223 e. The molecule has 0 radical (unpaired) electrons. The van der Waals surface area contributed by atoms with Crippen molar-refractivity contribution in [2.75, 3.05) is 13.2 Å². The third-order valence-corrected chi connectivity index (χ3v) is 3.34. The molecule has 0 heterocycles. The van der Waals surface area contributed by atoms with E-state index in [1.807, 2.05) is 0 Å². The summed E-state index contributed by atoms with van der Waals surface area (Å²) < 4.78 is 18.4. The van der Waals surface area contributed by atoms with Crippen molar-refractivity contribution in [2.45, 2.75) is 25.7 Å². The van der Waals surface area contributed by atoms with Crippen LogP contribution in [0.3, 0.4) is 0 Å². The SMILES string of the molecule is O=C(NCC#CCOc1ccccc1F)C1CCCC1. The van der Waals surface area contributed by atoms with E-state index in [1.165, 1.54) is 6.07 Å². The average molecular weight is 275 g/mol. The lowest BCUT2D eigenvalue weighted by molar-refractivity contribution is -0.124. The minimum absolute atomic E-state index is 0.0897. The number of para-hydroxylation sites is 1. The summed E-state index contributed by atoms with van der Waals surface area (Å²) in [4.78, 5) is 11.7. The zero-order valence-corrected chi connectivity index (χ0v) is 11.3. The highest BCUT2D eigenvalue weighted by Gasteiger charge is 2.21. The molecule has 1 saturated carbocycles. The molecular formula is C16H18FNO2. The maximum Gasteiger partial charge on any atom is 0.223 e. The Kier molecular flexibility index (Phi) is 5.43. The van der Waals surface area contributed by atoms with Gasteiger partial charge in [0, 0.05) is 5.92 Å². The van der Waals surface area contributed by atoms with Gasteiger partial charge in [-0.15, -0.1) is 0 Å². The molecule has 1 aromatic rings. The lowest BCUT2D eigenvalue weighted by Crippen LogP contribution is -2.29. The Labute approximate surface area is 118 Å². The summed E-state index contributed by atoms with van der Waals surface area (Å²) in [7, 11) is 0. The summed E-state index contributed by atoms with van der Waals surface area (Å²) in [6.45, 7) is 0.427. The molecular weight excluding hydrogens is 257 g/mol. The first-order valence-corrected chi connectivity index (χ1v) is 6.88. The molecule has 106 valence electrons. The van der Waals surface area contributed by atoms with Crippen LogP contribution in [0, 0.1) is 23.6 Å². The second kappa shape index (κ2) is 7.54. The molecule has 0 saturated heterocycles. The first-order chi connectivity index (χ1) is 9.77. The largest absolute Gasteiger partial charge is 0.478 e. The third-order valence-electron chi connectivity index (χ3n) is 3.34. The quantitative estimate of drug-likeness (QED) is 0.857. The van der Waals surface area contributed by atoms with Crippen molar-refractivity contribution < 1.29 is 13.9 Å². The Morgan fingerprint density at radius 3 is 2.80 bits per heavy atom. The summed E-state index contributed by atoms with van der Waals surface area (Å²) in [5.41, 5.74) is 0. The number of nitrogens with one attached hydrogen (secondary N) is 1. The number of ether oxygens (including phenoxy) is 1. The Morgan fingerprint density at radius 2 is 2.05 bits per heavy atom. The standard InChI is InChI=1S/C16H18FNO2/c17-14-9-3-4-10-15(14)20-12-6-5-11-18-16(19)13-7-1-2-8-13/h3-4,9-10,13H,1-2,7-8,11-12H2,(H,18,19). The van der Waals surface area contributed by atoms with Crippen molar-refractivity contribution in [2.24, 2.45) is 5.92 Å². The van der Waals surface area contributed by atoms with Crippen LogP contribution in [0.15, 0.2) is 24.3 Å². The number of amides is 1. The Hall–Kier alpha value is -2.02. The van der Waals surface area contributed by atoms with E-state index in [4.69, 9.17) is 4.74 Å². The Balaban J connectivity index is 1.65. The molecule has 0 unspecified atom stereocenters. The molecule has 20 heavy (non-hydrogen) atoms. The fourth-order valence-electron chi connectivity index (χ4n) is 2.25. The van der Waals surface area contributed by atoms with Gasteiger partial charge in [-0.3, -0.25) is 4.79 Å². The molecule has 0 atom stereocenters. The van der Waals surface area contributed by atoms with Gasteiger partial charge in [0.05, 0.1) is 6.54 Å². The van der Waals surface area contributed by atoms with Crippen LogP contribution < -0.4 is 10.1 Å². The summed E-state index contributed by atoms with van der Waals surface area (Å²) in [5.74, 6) is 5.59. The maximum absolute atomic E-state index is 13.2. The lowest BCUT2D eigenvalue weighted by Gasteiger charge is -2.07. The number of hydrogen-bond acceptors (Lipinski definition) is 2. The molecule has 2 rings (SSSR count). The van der Waals surface area contributed by atoms with Crippen LogP contribution in [0.1, 0.15) is 25.7 Å². The van der Waals surface area contributed by atoms with Gasteiger partial charge in [0.15, 0.2) is 11.6 Å². The van der Waals surface area contributed by atoms with E-state index in [9.17, 15) is 9.18 Å². The number of hydrogen-bond donors (Lipinski definition) is 1. The van der Waals surface area contributed by atoms with Crippen LogP contribution in [-0.2, 0) is 4.79 Å². The van der Waals surface area contributed by atoms with Gasteiger partial charge in [-0.2, -0.15) is 0 Å². The van der Waals surface area contributed by atoms with Gasteiger partial charge < -0.3 is 10.1 Å². The third kappa shape index (κ3) is 4.27. The van der Waals surface area contributed by atoms with E-state index >= 15 is 0 Å². The molecule has 1 aliphatic rings. The molecule has 1 amide bonds. The molecule has 3 nitrogen and oxygen atoms in total. The average Bonchev–Trinajstić information content (AvgIpc) is 2.98. The fraction of sp³-hybridized carbons (Fsp3) is 0.438. The maximum atomic E-state index is 13.2. The van der Waals surface area contributed by atoms with Gasteiger partial charge in [0.2, 0.25) is 5.91 Å². The van der Waals surface area contributed by atoms with E-state index in [1.54, 1.807) is 18.2 Å². The molecule has 0 aliphatic heterocycles. The van der Waals surface area contributed by atoms with E-state index < -0.39 is 5.82 Å². The topological polar surface area (TPSA) is 38.3 Å². The van der Waals surface area contributed by atoms with E-state index in [0.29, 0.717) is 6.54 Å². The van der Waals surface area contributed by atoms with Gasteiger partial charge in [0.25, 0.3) is 0 Å². The first kappa shape index (κ1) is 14.4. The van der Waals surface area contributed by atoms with Crippen molar-refractivity contribution in [3.8, 4) is 17.6 Å². The van der Waals surface area contributed by atoms with Crippen LogP contribution in [0.25, 0.3) is 0 Å². The highest BCUT2D eigenvalue weighted by molar-refractivity contribution is 5.79. The van der Waals surface area contributed by atoms with Crippen LogP contribution in [-0.4, -0.2) is 19.1 Å². The fourth-order valence-corrected chi connectivity index (χ4v) is 2.25. The highest BCUT2D eigenvalue weighted by Crippen LogP contribution is 2.24. The first-order valence-electron chi connectivity index (χ1n) is 6.88. The van der Waals surface area contributed by atoms with Crippen molar-refractivity contribution in [3.63, 3.8) is 0 Å². The van der Waals surface area contributed by atoms with Crippen molar-refractivity contribution >= 4 is 5.91 Å². The highest BCUT2D eigenvalue weighted by atomic mass is 19.1. The van der Waals surface area contributed by atoms with Gasteiger partial charge in [-0.25, -0.2) is 4.39 Å². The number of carbonyl (C=O) groups is 1. The van der Waals surface area contributed by atoms with Crippen molar-refractivity contribution in [3.05, 3.63) is 30.1 Å². The molecule has 0 aromatic heterocycles. The van der Waals surface area contributed by atoms with Gasteiger partial charge in [-0.1, -0.05) is 36.8 Å². The predicted octanol–water partition coefficient (Wildman–Crippen LogP) is 2.51. The Morgan fingerprint density at radius 1 is 1.30 bits per heavy atom. The van der Waals surface area contributed by atoms with Crippen molar-refractivity contribution in [1.82, 2.24) is 5.32 Å². The number of rotatable bonds is 4. The van der Waals surface area contributed by atoms with E-state index in [0.717, 1.165) is 25.7 Å². The van der Waals surface area contributed by atoms with Gasteiger partial charge >= 0.3 is 0 Å². The molecule has 1 aromatic carbocycles. The van der Waals surface area contributed by atoms with E-state index in [-0.39, 0.29) is 24.2 Å². The predicted molar refractivity (Wildman–Crippen MR) is 74.6 cm³/mol. The van der Waals surface area contributed by atoms with Crippen LogP contribution in [0.2, 0.25) is 0 Å². The zero-order chi connectivity index (χ0) is 14.2. The van der Waals surface area contributed by atoms with Gasteiger partial charge in [0.1, 0.15) is 6.61 Å². The zero-order valence-electron chi connectivity index (χ0n) is 11.3. The molecule has 0 spiro atoms. The van der Waals surface area contributed by atoms with Gasteiger partial charge in [-0.05, 0) is 25.0 Å². The molecule has 1 N–H and O–H groups in total. The molecule has 1 aliphatic carbocycles. The second-order valence-electron chi connectivity index (χ2n) is 4.77. The summed E-state index contributed by atoms with van der Waals surface area (Å²) in [6, 6.07) is 6.20. The summed E-state index contributed by atoms with van der Waals surface area (Å²) >= 11 is 0. The number of halogens is 1. The number of benzene rings is 1. The minimum Gasteiger partial charge on any atom is -0.478 e. The van der Waals surface area contributed by atoms with E-state index in [2.05, 4.69) is 17.2 Å². The molecule has 4 heteroatoms. The Bertz CT molecular complexity index is 513. The normalized spacial score (nSPS) is 14.4. The van der Waals surface area contributed by atoms with Crippen LogP contribution >= 0.6 is 0 Å². The molecule has 0 bridgehead atoms. The lowest BCUT2D eigenvalue weighted by atomic mass is 10.1. The molecule has 1 fully saturated rings. The second-order valence-corrected chi connectivity index (χ2v) is 4.77. The number of carbonyl (C=O) groups excluding carboxylic acids is 1.